The molecule has 6 nitrogen and oxygen atoms in total. The normalized spacial score (nSPS) is 15.4. The summed E-state index contributed by atoms with van der Waals surface area (Å²) in [6.07, 6.45) is 5.55. The molecule has 0 aromatic carbocycles. The van der Waals surface area contributed by atoms with Crippen LogP contribution in [0, 0.1) is 0 Å². The van der Waals surface area contributed by atoms with Crippen molar-refractivity contribution >= 4 is 17.7 Å². The first-order chi connectivity index (χ1) is 8.75. The molecular weight excluding hydrogens is 230 g/mol. The number of piperidine rings is 1. The zero-order valence-corrected chi connectivity index (χ0v) is 10.4. The topological polar surface area (TPSA) is 84.1 Å². The van der Waals surface area contributed by atoms with E-state index in [4.69, 9.17) is 5.73 Å². The van der Waals surface area contributed by atoms with Crippen LogP contribution in [0.25, 0.3) is 0 Å². The van der Waals surface area contributed by atoms with Crippen molar-refractivity contribution in [1.29, 1.82) is 0 Å². The second kappa shape index (κ2) is 6.18. The van der Waals surface area contributed by atoms with Crippen LogP contribution in [0.5, 0.6) is 0 Å². The fraction of sp³-hybridized carbons (Fsp3) is 0.583. The number of hydrogen-bond donors (Lipinski definition) is 2. The van der Waals surface area contributed by atoms with Crippen molar-refractivity contribution in [2.24, 2.45) is 0 Å². The number of rotatable bonds is 4. The molecule has 0 unspecified atom stereocenters. The van der Waals surface area contributed by atoms with Gasteiger partial charge in [0, 0.05) is 32.3 Å². The zero-order chi connectivity index (χ0) is 12.8. The summed E-state index contributed by atoms with van der Waals surface area (Å²) in [5.41, 5.74) is 5.54. The van der Waals surface area contributed by atoms with E-state index in [-0.39, 0.29) is 5.91 Å². The minimum Gasteiger partial charge on any atom is -0.384 e. The van der Waals surface area contributed by atoms with Crippen LogP contribution >= 0.6 is 0 Å². The van der Waals surface area contributed by atoms with E-state index < -0.39 is 0 Å². The van der Waals surface area contributed by atoms with Crippen molar-refractivity contribution in [3.8, 4) is 0 Å². The van der Waals surface area contributed by atoms with E-state index in [9.17, 15) is 4.79 Å². The van der Waals surface area contributed by atoms with Crippen LogP contribution in [0.3, 0.4) is 0 Å². The zero-order valence-electron chi connectivity index (χ0n) is 10.4. The smallest absolute Gasteiger partial charge is 0.224 e. The van der Waals surface area contributed by atoms with E-state index in [0.29, 0.717) is 24.7 Å². The molecule has 1 saturated heterocycles. The number of likely N-dealkylation sites (tertiary alicyclic amines) is 1. The highest BCUT2D eigenvalue weighted by molar-refractivity contribution is 5.76. The molecule has 1 aliphatic heterocycles. The third-order valence-electron chi connectivity index (χ3n) is 3.01. The number of nitrogens with zero attached hydrogens (tertiary/aromatic N) is 3. The van der Waals surface area contributed by atoms with Crippen LogP contribution in [0.1, 0.15) is 25.7 Å². The molecule has 6 heteroatoms. The summed E-state index contributed by atoms with van der Waals surface area (Å²) in [6, 6.07) is 1.63. The second-order valence-electron chi connectivity index (χ2n) is 4.42. The Balaban J connectivity index is 1.73. The Labute approximate surface area is 107 Å². The Hall–Kier alpha value is -1.85. The molecule has 0 bridgehead atoms. The first kappa shape index (κ1) is 12.6. The molecule has 1 aromatic rings. The van der Waals surface area contributed by atoms with Crippen LogP contribution in [0.2, 0.25) is 0 Å². The van der Waals surface area contributed by atoms with Gasteiger partial charge in [0.1, 0.15) is 5.82 Å². The van der Waals surface area contributed by atoms with Gasteiger partial charge in [-0.25, -0.2) is 4.98 Å². The number of anilines is 2. The molecular formula is C12H19N5O. The predicted molar refractivity (Wildman–Crippen MR) is 70.0 cm³/mol. The number of nitrogens with one attached hydrogen (secondary N) is 1. The summed E-state index contributed by atoms with van der Waals surface area (Å²) < 4.78 is 0. The van der Waals surface area contributed by atoms with Crippen LogP contribution in [-0.4, -0.2) is 40.4 Å². The number of amides is 1. The molecule has 98 valence electrons. The Kier molecular flexibility index (Phi) is 4.33. The van der Waals surface area contributed by atoms with E-state index in [1.54, 1.807) is 12.3 Å². The van der Waals surface area contributed by atoms with Gasteiger partial charge in [-0.05, 0) is 25.3 Å². The van der Waals surface area contributed by atoms with E-state index >= 15 is 0 Å². The molecule has 1 aliphatic rings. The standard InChI is InChI=1S/C12H19N5O/c13-10-4-6-14-12(16-10)15-7-5-11(18)17-8-2-1-3-9-17/h4,6H,1-3,5,7-9H2,(H3,13,14,15,16). The highest BCUT2D eigenvalue weighted by atomic mass is 16.2. The lowest BCUT2D eigenvalue weighted by Gasteiger charge is -2.26. The maximum atomic E-state index is 11.9. The van der Waals surface area contributed by atoms with Gasteiger partial charge in [0.15, 0.2) is 0 Å². The number of carbonyl (C=O) groups is 1. The van der Waals surface area contributed by atoms with Gasteiger partial charge in [0.2, 0.25) is 11.9 Å². The monoisotopic (exact) mass is 249 g/mol. The lowest BCUT2D eigenvalue weighted by molar-refractivity contribution is -0.131. The van der Waals surface area contributed by atoms with Gasteiger partial charge in [-0.3, -0.25) is 4.79 Å². The SMILES string of the molecule is Nc1ccnc(NCCC(=O)N2CCCCC2)n1. The molecule has 1 aromatic heterocycles. The Morgan fingerprint density at radius 1 is 1.39 bits per heavy atom. The molecule has 3 N–H and O–H groups in total. The predicted octanol–water partition coefficient (Wildman–Crippen LogP) is 0.873. The number of nitrogen functional groups attached to an aromatic ring is 1. The quantitative estimate of drug-likeness (QED) is 0.827. The lowest BCUT2D eigenvalue weighted by Crippen LogP contribution is -2.36. The fourth-order valence-corrected chi connectivity index (χ4v) is 2.04. The van der Waals surface area contributed by atoms with Crippen LogP contribution < -0.4 is 11.1 Å². The summed E-state index contributed by atoms with van der Waals surface area (Å²) in [5.74, 6) is 1.10. The third-order valence-corrected chi connectivity index (χ3v) is 3.01. The number of nitrogens with two attached hydrogens (primary N) is 1. The number of hydrogen-bond acceptors (Lipinski definition) is 5. The van der Waals surface area contributed by atoms with Crippen molar-refractivity contribution in [2.75, 3.05) is 30.7 Å². The average molecular weight is 249 g/mol. The Bertz CT molecular complexity index is 403. The highest BCUT2D eigenvalue weighted by Crippen LogP contribution is 2.10. The van der Waals surface area contributed by atoms with Crippen LogP contribution in [0.15, 0.2) is 12.3 Å². The molecule has 2 heterocycles. The van der Waals surface area contributed by atoms with E-state index in [1.165, 1.54) is 6.42 Å². The maximum absolute atomic E-state index is 11.9. The van der Waals surface area contributed by atoms with Crippen LogP contribution in [0.4, 0.5) is 11.8 Å². The summed E-state index contributed by atoms with van der Waals surface area (Å²) in [4.78, 5) is 21.8. The van der Waals surface area contributed by atoms with Gasteiger partial charge in [-0.15, -0.1) is 0 Å². The number of carbonyl (C=O) groups excluding carboxylic acids is 1. The van der Waals surface area contributed by atoms with Gasteiger partial charge in [-0.1, -0.05) is 0 Å². The first-order valence-corrected chi connectivity index (χ1v) is 6.36. The first-order valence-electron chi connectivity index (χ1n) is 6.36. The lowest BCUT2D eigenvalue weighted by atomic mass is 10.1. The molecule has 0 atom stereocenters. The molecule has 1 amide bonds. The molecule has 0 spiro atoms. The Morgan fingerprint density at radius 3 is 2.89 bits per heavy atom. The molecule has 18 heavy (non-hydrogen) atoms. The average Bonchev–Trinajstić information content (AvgIpc) is 2.40. The van der Waals surface area contributed by atoms with Gasteiger partial charge in [-0.2, -0.15) is 4.98 Å². The van der Waals surface area contributed by atoms with Crippen LogP contribution in [-0.2, 0) is 4.79 Å². The second-order valence-corrected chi connectivity index (χ2v) is 4.42. The third kappa shape index (κ3) is 3.58. The maximum Gasteiger partial charge on any atom is 0.224 e. The van der Waals surface area contributed by atoms with Gasteiger partial charge in [0.25, 0.3) is 0 Å². The van der Waals surface area contributed by atoms with Crippen molar-refractivity contribution in [3.05, 3.63) is 12.3 Å². The van der Waals surface area contributed by atoms with E-state index in [1.807, 2.05) is 4.90 Å². The largest absolute Gasteiger partial charge is 0.384 e. The fourth-order valence-electron chi connectivity index (χ4n) is 2.04. The van der Waals surface area contributed by atoms with E-state index in [2.05, 4.69) is 15.3 Å². The van der Waals surface area contributed by atoms with Gasteiger partial charge < -0.3 is 16.0 Å². The number of aromatic nitrogens is 2. The Morgan fingerprint density at radius 2 is 2.17 bits per heavy atom. The minimum atomic E-state index is 0.200. The minimum absolute atomic E-state index is 0.200. The van der Waals surface area contributed by atoms with Gasteiger partial charge in [0.05, 0.1) is 0 Å². The summed E-state index contributed by atoms with van der Waals surface area (Å²) in [5, 5.41) is 3.01. The molecule has 0 aliphatic carbocycles. The molecule has 2 rings (SSSR count). The molecule has 0 saturated carbocycles. The van der Waals surface area contributed by atoms with Crippen molar-refractivity contribution in [1.82, 2.24) is 14.9 Å². The molecule has 0 radical (unpaired) electrons. The van der Waals surface area contributed by atoms with Crippen molar-refractivity contribution in [3.63, 3.8) is 0 Å². The van der Waals surface area contributed by atoms with Crippen molar-refractivity contribution in [2.45, 2.75) is 25.7 Å². The summed E-state index contributed by atoms with van der Waals surface area (Å²) in [7, 11) is 0. The highest BCUT2D eigenvalue weighted by Gasteiger charge is 2.15. The molecule has 1 fully saturated rings. The van der Waals surface area contributed by atoms with E-state index in [0.717, 1.165) is 25.9 Å². The summed E-state index contributed by atoms with van der Waals surface area (Å²) in [6.45, 7) is 2.33. The van der Waals surface area contributed by atoms with Gasteiger partial charge >= 0.3 is 0 Å². The summed E-state index contributed by atoms with van der Waals surface area (Å²) >= 11 is 0. The van der Waals surface area contributed by atoms with Crippen molar-refractivity contribution < 1.29 is 4.79 Å².